The first-order chi connectivity index (χ1) is 29.4. The van der Waals surface area contributed by atoms with E-state index in [1.165, 1.54) is 0 Å². The van der Waals surface area contributed by atoms with Crippen LogP contribution in [0.3, 0.4) is 0 Å². The minimum Gasteiger partial charge on any atom is -0.477 e. The van der Waals surface area contributed by atoms with Gasteiger partial charge in [0.1, 0.15) is 79.4 Å². The van der Waals surface area contributed by atoms with Gasteiger partial charge in [0.15, 0.2) is 12.6 Å². The highest BCUT2D eigenvalue weighted by atomic mass is 16.8. The van der Waals surface area contributed by atoms with E-state index >= 15 is 0 Å². The smallest absolute Gasteiger partial charge is 0.364 e. The molecular formula is C34H57N3O26. The lowest BCUT2D eigenvalue weighted by Gasteiger charge is -2.50. The normalized spacial score (nSPS) is 42.9. The maximum absolute atomic E-state index is 12.8. The molecule has 63 heavy (non-hydrogen) atoms. The third kappa shape index (κ3) is 11.4. The van der Waals surface area contributed by atoms with Gasteiger partial charge in [0.2, 0.25) is 11.8 Å². The van der Waals surface area contributed by atoms with E-state index in [4.69, 9.17) is 38.9 Å². The second kappa shape index (κ2) is 21.6. The maximum Gasteiger partial charge on any atom is 0.364 e. The lowest BCUT2D eigenvalue weighted by Crippen LogP contribution is -2.71. The highest BCUT2D eigenvalue weighted by Crippen LogP contribution is 2.39. The van der Waals surface area contributed by atoms with E-state index in [1.807, 2.05) is 0 Å². The van der Waals surface area contributed by atoms with Crippen molar-refractivity contribution in [3.05, 3.63) is 0 Å². The summed E-state index contributed by atoms with van der Waals surface area (Å²) in [4.78, 5) is 49.3. The molecule has 1 unspecified atom stereocenters. The van der Waals surface area contributed by atoms with E-state index in [0.29, 0.717) is 0 Å². The summed E-state index contributed by atoms with van der Waals surface area (Å²) >= 11 is 0. The molecule has 0 saturated carbocycles. The Balaban J connectivity index is 1.60. The van der Waals surface area contributed by atoms with Gasteiger partial charge in [-0.1, -0.05) is 0 Å². The number of aliphatic carboxylic acids is 2. The fourth-order valence-corrected chi connectivity index (χ4v) is 7.68. The van der Waals surface area contributed by atoms with Crippen LogP contribution < -0.4 is 16.4 Å². The van der Waals surface area contributed by atoms with Crippen molar-refractivity contribution in [2.75, 3.05) is 26.4 Å². The van der Waals surface area contributed by atoms with Crippen molar-refractivity contribution in [3.8, 4) is 0 Å². The summed E-state index contributed by atoms with van der Waals surface area (Å²) in [5, 5.41) is 162. The van der Waals surface area contributed by atoms with E-state index < -0.39 is 197 Å². The first-order valence-electron chi connectivity index (χ1n) is 19.4. The first-order valence-corrected chi connectivity index (χ1v) is 19.4. The van der Waals surface area contributed by atoms with Gasteiger partial charge < -0.3 is 126 Å². The van der Waals surface area contributed by atoms with E-state index in [9.17, 15) is 95.8 Å². The Morgan fingerprint density at radius 3 is 1.60 bits per heavy atom. The van der Waals surface area contributed by atoms with Crippen LogP contribution in [0.2, 0.25) is 0 Å². The van der Waals surface area contributed by atoms with Crippen LogP contribution in [-0.2, 0) is 52.3 Å². The molecule has 0 aromatic heterocycles. The summed E-state index contributed by atoms with van der Waals surface area (Å²) in [6, 6.07) is -4.96. The van der Waals surface area contributed by atoms with E-state index in [-0.39, 0.29) is 0 Å². The summed E-state index contributed by atoms with van der Waals surface area (Å²) in [5.74, 6) is -11.7. The molecule has 4 rings (SSSR count). The van der Waals surface area contributed by atoms with Gasteiger partial charge in [0.05, 0.1) is 56.8 Å². The molecule has 22 atom stereocenters. The number of hydrogen-bond acceptors (Lipinski definition) is 25. The molecule has 0 spiro atoms. The number of nitrogens with two attached hydrogens (primary N) is 1. The number of amides is 2. The Hall–Kier alpha value is -2.96. The molecule has 29 heteroatoms. The Morgan fingerprint density at radius 2 is 1.16 bits per heavy atom. The molecule has 0 radical (unpaired) electrons. The quantitative estimate of drug-likeness (QED) is 0.0607. The van der Waals surface area contributed by atoms with Crippen molar-refractivity contribution in [3.63, 3.8) is 0 Å². The molecule has 4 aliphatic rings. The van der Waals surface area contributed by atoms with Crippen LogP contribution >= 0.6 is 0 Å². The van der Waals surface area contributed by atoms with Crippen LogP contribution in [0.15, 0.2) is 0 Å². The zero-order chi connectivity index (χ0) is 47.5. The zero-order valence-electron chi connectivity index (χ0n) is 33.6. The van der Waals surface area contributed by atoms with Crippen LogP contribution in [0.4, 0.5) is 0 Å². The van der Waals surface area contributed by atoms with Crippen molar-refractivity contribution in [2.24, 2.45) is 5.73 Å². The van der Waals surface area contributed by atoms with E-state index in [1.54, 1.807) is 0 Å². The van der Waals surface area contributed by atoms with E-state index in [2.05, 4.69) is 10.6 Å². The topological polar surface area (TPSA) is 486 Å². The number of carbonyl (C=O) groups is 4. The Kier molecular flexibility index (Phi) is 18.0. The monoisotopic (exact) mass is 923 g/mol. The Labute approximate surface area is 356 Å². The number of ether oxygens (including phenoxy) is 7. The summed E-state index contributed by atoms with van der Waals surface area (Å²) < 4.78 is 38.7. The third-order valence-electron chi connectivity index (χ3n) is 11.0. The van der Waals surface area contributed by atoms with Crippen LogP contribution in [0, 0.1) is 0 Å². The molecule has 4 heterocycles. The van der Waals surface area contributed by atoms with Gasteiger partial charge in [0, 0.05) is 26.7 Å². The van der Waals surface area contributed by atoms with Gasteiger partial charge in [-0.15, -0.1) is 0 Å². The lowest BCUT2D eigenvalue weighted by molar-refractivity contribution is -0.381. The van der Waals surface area contributed by atoms with E-state index in [0.717, 1.165) is 13.8 Å². The number of aliphatic hydroxyl groups excluding tert-OH is 13. The van der Waals surface area contributed by atoms with Gasteiger partial charge in [-0.05, 0) is 0 Å². The summed E-state index contributed by atoms with van der Waals surface area (Å²) in [7, 11) is 0. The number of aliphatic hydroxyl groups is 13. The average Bonchev–Trinajstić information content (AvgIpc) is 3.22. The molecule has 0 aromatic carbocycles. The molecule has 19 N–H and O–H groups in total. The van der Waals surface area contributed by atoms with Crippen LogP contribution in [0.1, 0.15) is 26.7 Å². The average molecular weight is 924 g/mol. The zero-order valence-corrected chi connectivity index (χ0v) is 33.6. The molecule has 4 saturated heterocycles. The van der Waals surface area contributed by atoms with Crippen LogP contribution in [0.5, 0.6) is 0 Å². The number of carbonyl (C=O) groups excluding carboxylic acids is 2. The molecule has 364 valence electrons. The molecule has 0 aromatic rings. The number of rotatable bonds is 18. The second-order valence-electron chi connectivity index (χ2n) is 15.6. The molecular weight excluding hydrogens is 866 g/mol. The van der Waals surface area contributed by atoms with Gasteiger partial charge in [-0.3, -0.25) is 9.59 Å². The number of hydrogen-bond donors (Lipinski definition) is 18. The first kappa shape index (κ1) is 52.7. The number of carboxylic acid groups (broad SMARTS) is 2. The predicted octanol–water partition coefficient (Wildman–Crippen LogP) is -11.1. The van der Waals surface area contributed by atoms with Gasteiger partial charge in [-0.2, -0.15) is 0 Å². The minimum absolute atomic E-state index is 0.773. The standard InChI is InChI=1S/C34H57N3O26/c1-9(41)36-18-11(43)3-33(31(53)54,61-26(18)20(47)13(45)5-38)57-8-16-23(50)25(17(35)29(52)58-16)60-30-24(51)28(22(49)15(7-40)59-30)63-34(32(55)56)4-12(44)19(37-10(2)42)27(62-34)21(48)14(46)6-39/h11-30,38-40,43-52H,3-8,35H2,1-2H3,(H,36,41)(H,37,42)(H,53,54)(H,55,56)/t11-,12-,13+,14+,15+,16+,17+,18+,19+,20+,21+,22-,23-,24+,25+,26+,27+,28-,29?,30-,33+,34-/m0/s1. The van der Waals surface area contributed by atoms with Crippen molar-refractivity contribution in [1.82, 2.24) is 10.6 Å². The van der Waals surface area contributed by atoms with Crippen LogP contribution in [0.25, 0.3) is 0 Å². The predicted molar refractivity (Wildman–Crippen MR) is 193 cm³/mol. The fraction of sp³-hybridized carbons (Fsp3) is 0.882. The summed E-state index contributed by atoms with van der Waals surface area (Å²) in [6.07, 6.45) is -37.0. The van der Waals surface area contributed by atoms with Gasteiger partial charge in [-0.25, -0.2) is 9.59 Å². The summed E-state index contributed by atoms with van der Waals surface area (Å²) in [5.41, 5.74) is 6.05. The highest BCUT2D eigenvalue weighted by Gasteiger charge is 2.61. The number of carboxylic acids is 2. The van der Waals surface area contributed by atoms with Gasteiger partial charge >= 0.3 is 11.9 Å². The van der Waals surface area contributed by atoms with Crippen LogP contribution in [-0.4, -0.2) is 261 Å². The van der Waals surface area contributed by atoms with Crippen molar-refractivity contribution >= 4 is 23.8 Å². The second-order valence-corrected chi connectivity index (χ2v) is 15.6. The summed E-state index contributed by atoms with van der Waals surface area (Å²) in [6.45, 7) is -2.34. The molecule has 2 amide bonds. The molecule has 4 aliphatic heterocycles. The van der Waals surface area contributed by atoms with Crippen molar-refractivity contribution in [2.45, 2.75) is 161 Å². The van der Waals surface area contributed by atoms with Crippen molar-refractivity contribution < 1.29 is 129 Å². The highest BCUT2D eigenvalue weighted by molar-refractivity contribution is 5.77. The molecule has 0 bridgehead atoms. The maximum atomic E-state index is 12.8. The van der Waals surface area contributed by atoms with Gasteiger partial charge in [0.25, 0.3) is 11.6 Å². The van der Waals surface area contributed by atoms with Crippen molar-refractivity contribution in [1.29, 1.82) is 0 Å². The Morgan fingerprint density at radius 1 is 0.698 bits per heavy atom. The molecule has 4 fully saturated rings. The largest absolute Gasteiger partial charge is 0.477 e. The minimum atomic E-state index is -3.15. The third-order valence-corrected chi connectivity index (χ3v) is 11.0. The SMILES string of the molecule is CC(=O)N[C@H]1[C@H]([C@H](O)[C@H](O)CO)O[C@@](OC[C@H]2OC(O)[C@H](N)[C@@H](O[C@@H]3O[C@H](CO)[C@H](O)[C@H](O[C@]4(C(=O)O)C[C@H](O)[C@@H](NC(C)=O)[C@H]([C@H](O)[C@H](O)CO)O4)[C@H]3O)[C@H]2O)(C(=O)O)C[C@@H]1O. The fourth-order valence-electron chi connectivity index (χ4n) is 7.68. The Bertz CT molecular complexity index is 1570. The number of nitrogens with one attached hydrogen (secondary N) is 2. The molecule has 29 nitrogen and oxygen atoms in total. The lowest BCUT2D eigenvalue weighted by atomic mass is 9.88. The molecule has 0 aliphatic carbocycles.